The topological polar surface area (TPSA) is 9.23 Å². The van der Waals surface area contributed by atoms with Gasteiger partial charge in [-0.25, -0.2) is 0 Å². The Kier molecular flexibility index (Phi) is 2.92. The van der Waals surface area contributed by atoms with Crippen LogP contribution in [0.1, 0.15) is 45.2 Å². The van der Waals surface area contributed by atoms with Crippen LogP contribution in [0.15, 0.2) is 60.7 Å². The van der Waals surface area contributed by atoms with Crippen molar-refractivity contribution in [3.05, 3.63) is 94.0 Å². The molecule has 0 N–H and O–H groups in total. The first kappa shape index (κ1) is 16.0. The summed E-state index contributed by atoms with van der Waals surface area (Å²) in [5, 5.41) is 3.11. The normalized spacial score (nSPS) is 24.7. The summed E-state index contributed by atoms with van der Waals surface area (Å²) in [6, 6.07) is 23.3. The zero-order valence-electron chi connectivity index (χ0n) is 16.3. The summed E-state index contributed by atoms with van der Waals surface area (Å²) in [6.07, 6.45) is 0. The molecule has 3 aromatic rings. The van der Waals surface area contributed by atoms with Gasteiger partial charge in [-0.1, -0.05) is 60.7 Å². The van der Waals surface area contributed by atoms with E-state index in [0.29, 0.717) is 11.8 Å². The Hall–Kier alpha value is -1.95. The second-order valence-corrected chi connectivity index (χ2v) is 17.2. The van der Waals surface area contributed by atoms with Gasteiger partial charge >= 0.3 is 0 Å². The third-order valence-electron chi connectivity index (χ3n) is 6.89. The molecule has 0 atom stereocenters. The first-order valence-corrected chi connectivity index (χ1v) is 15.8. The Morgan fingerprint density at radius 3 is 1.22 bits per heavy atom. The van der Waals surface area contributed by atoms with E-state index >= 15 is 0 Å². The smallest absolute Gasteiger partial charge is 0.206 e. The monoisotopic (exact) mass is 384 g/mol. The van der Waals surface area contributed by atoms with E-state index in [1.165, 1.54) is 33.4 Å². The molecule has 3 heteroatoms. The Morgan fingerprint density at radius 1 is 0.556 bits per heavy atom. The molecule has 0 saturated heterocycles. The molecule has 3 aromatic carbocycles. The highest BCUT2D eigenvalue weighted by Crippen LogP contribution is 2.55. The Bertz CT molecular complexity index is 994. The zero-order valence-corrected chi connectivity index (χ0v) is 18.3. The van der Waals surface area contributed by atoms with Crippen LogP contribution in [-0.2, 0) is 4.12 Å². The van der Waals surface area contributed by atoms with Crippen molar-refractivity contribution in [3.8, 4) is 0 Å². The molecule has 0 saturated carbocycles. The summed E-state index contributed by atoms with van der Waals surface area (Å²) < 4.78 is 6.75. The Balaban J connectivity index is 1.70. The highest BCUT2D eigenvalue weighted by Gasteiger charge is 2.49. The van der Waals surface area contributed by atoms with Gasteiger partial charge in [-0.2, -0.15) is 0 Å². The molecule has 0 amide bonds. The Labute approximate surface area is 163 Å². The summed E-state index contributed by atoms with van der Waals surface area (Å²) in [4.78, 5) is 0. The Morgan fingerprint density at radius 2 is 0.889 bits per heavy atom. The molecule has 0 unspecified atom stereocenters. The SMILES string of the molecule is C[Si]1(C)O[Si](C)(C)c2cc3c(cc21)C1c2ccccc2C3c2ccccc21. The molecule has 2 bridgehead atoms. The minimum Gasteiger partial charge on any atom is -0.449 e. The zero-order chi connectivity index (χ0) is 18.6. The first-order valence-electron chi connectivity index (χ1n) is 9.95. The fourth-order valence-corrected chi connectivity index (χ4v) is 16.2. The van der Waals surface area contributed by atoms with E-state index in [-0.39, 0.29) is 0 Å². The van der Waals surface area contributed by atoms with Gasteiger partial charge in [0.1, 0.15) is 0 Å². The molecule has 7 rings (SSSR count). The molecule has 0 spiro atoms. The van der Waals surface area contributed by atoms with Gasteiger partial charge in [0.2, 0.25) is 16.6 Å². The molecule has 1 heterocycles. The van der Waals surface area contributed by atoms with Crippen molar-refractivity contribution in [1.29, 1.82) is 0 Å². The first-order chi connectivity index (χ1) is 12.9. The largest absolute Gasteiger partial charge is 0.449 e. The molecular formula is C24H24OSi2. The molecule has 3 aliphatic carbocycles. The lowest BCUT2D eigenvalue weighted by Gasteiger charge is -2.42. The van der Waals surface area contributed by atoms with E-state index in [1.807, 2.05) is 0 Å². The number of fused-ring (bicyclic) bond motifs is 1. The van der Waals surface area contributed by atoms with E-state index in [9.17, 15) is 0 Å². The molecule has 134 valence electrons. The minimum atomic E-state index is -1.80. The molecule has 1 aliphatic heterocycles. The van der Waals surface area contributed by atoms with Crippen molar-refractivity contribution in [2.75, 3.05) is 0 Å². The van der Waals surface area contributed by atoms with E-state index in [4.69, 9.17) is 4.12 Å². The molecule has 0 fully saturated rings. The van der Waals surface area contributed by atoms with Crippen LogP contribution in [0.3, 0.4) is 0 Å². The van der Waals surface area contributed by atoms with Crippen LogP contribution < -0.4 is 10.4 Å². The third-order valence-corrected chi connectivity index (χ3v) is 14.6. The molecule has 0 aromatic heterocycles. The van der Waals surface area contributed by atoms with Gasteiger partial charge in [-0.3, -0.25) is 0 Å². The average Bonchev–Trinajstić information content (AvgIpc) is 2.83. The van der Waals surface area contributed by atoms with Crippen LogP contribution in [0.4, 0.5) is 0 Å². The minimum absolute atomic E-state index is 0.373. The average molecular weight is 385 g/mol. The van der Waals surface area contributed by atoms with E-state index < -0.39 is 16.6 Å². The van der Waals surface area contributed by atoms with Gasteiger partial charge in [-0.15, -0.1) is 0 Å². The van der Waals surface area contributed by atoms with Crippen molar-refractivity contribution in [3.63, 3.8) is 0 Å². The van der Waals surface area contributed by atoms with Crippen LogP contribution in [0.2, 0.25) is 26.2 Å². The molecule has 4 aliphatic rings. The lowest BCUT2D eigenvalue weighted by Crippen LogP contribution is -2.46. The fraction of sp³-hybridized carbons (Fsp3) is 0.250. The second kappa shape index (κ2) is 4.90. The van der Waals surface area contributed by atoms with Crippen molar-refractivity contribution in [1.82, 2.24) is 0 Å². The summed E-state index contributed by atoms with van der Waals surface area (Å²) in [6.45, 7) is 9.51. The molecule has 27 heavy (non-hydrogen) atoms. The standard InChI is InChI=1S/C24H24OSi2/c1-26(2)21-13-19-20(14-22(21)27(3,4)25-26)24-17-11-7-5-9-15(17)23(19)16-10-6-8-12-18(16)24/h5-14,23-24H,1-4H3. The van der Waals surface area contributed by atoms with Crippen LogP contribution >= 0.6 is 0 Å². The third kappa shape index (κ3) is 1.92. The van der Waals surface area contributed by atoms with Crippen molar-refractivity contribution < 1.29 is 4.12 Å². The van der Waals surface area contributed by atoms with Crippen molar-refractivity contribution in [2.45, 2.75) is 38.0 Å². The van der Waals surface area contributed by atoms with Crippen LogP contribution in [0.5, 0.6) is 0 Å². The van der Waals surface area contributed by atoms with Gasteiger partial charge in [0.05, 0.1) is 0 Å². The lowest BCUT2D eigenvalue weighted by atomic mass is 9.61. The van der Waals surface area contributed by atoms with Crippen molar-refractivity contribution in [2.24, 2.45) is 0 Å². The maximum atomic E-state index is 6.75. The molecule has 0 radical (unpaired) electrons. The van der Waals surface area contributed by atoms with Gasteiger partial charge in [0.15, 0.2) is 0 Å². The maximum absolute atomic E-state index is 6.75. The summed E-state index contributed by atoms with van der Waals surface area (Å²) in [7, 11) is -3.61. The number of benzene rings is 3. The molecular weight excluding hydrogens is 360 g/mol. The predicted octanol–water partition coefficient (Wildman–Crippen LogP) is 4.53. The number of hydrogen-bond donors (Lipinski definition) is 0. The number of rotatable bonds is 0. The van der Waals surface area contributed by atoms with Gasteiger partial charge in [0.25, 0.3) is 0 Å². The highest BCUT2D eigenvalue weighted by atomic mass is 28.4. The summed E-state index contributed by atoms with van der Waals surface area (Å²) in [5.74, 6) is 0.746. The van der Waals surface area contributed by atoms with Crippen LogP contribution in [0, 0.1) is 0 Å². The van der Waals surface area contributed by atoms with Gasteiger partial charge < -0.3 is 4.12 Å². The predicted molar refractivity (Wildman–Crippen MR) is 117 cm³/mol. The maximum Gasteiger partial charge on any atom is 0.206 e. The van der Waals surface area contributed by atoms with E-state index in [1.54, 1.807) is 10.4 Å². The van der Waals surface area contributed by atoms with Gasteiger partial charge in [0, 0.05) is 11.8 Å². The van der Waals surface area contributed by atoms with Crippen LogP contribution in [0.25, 0.3) is 0 Å². The quantitative estimate of drug-likeness (QED) is 0.357. The van der Waals surface area contributed by atoms with Gasteiger partial charge in [-0.05, 0) is 69.9 Å². The summed E-state index contributed by atoms with van der Waals surface area (Å²) in [5.41, 5.74) is 9.08. The van der Waals surface area contributed by atoms with E-state index in [2.05, 4.69) is 86.9 Å². The lowest BCUT2D eigenvalue weighted by molar-refractivity contribution is 0.583. The van der Waals surface area contributed by atoms with E-state index in [0.717, 1.165) is 0 Å². The summed E-state index contributed by atoms with van der Waals surface area (Å²) >= 11 is 0. The fourth-order valence-electron chi connectivity index (χ4n) is 5.96. The number of hydrogen-bond acceptors (Lipinski definition) is 1. The second-order valence-electron chi connectivity index (χ2n) is 9.27. The van der Waals surface area contributed by atoms with Crippen LogP contribution in [-0.4, -0.2) is 16.6 Å². The molecule has 1 nitrogen and oxygen atoms in total. The van der Waals surface area contributed by atoms with Crippen molar-refractivity contribution >= 4 is 27.0 Å². The highest BCUT2D eigenvalue weighted by molar-refractivity contribution is 7.05.